The molecule has 2 aromatic carbocycles. The van der Waals surface area contributed by atoms with Crippen molar-refractivity contribution >= 4 is 22.5 Å². The number of hydrogen-bond acceptors (Lipinski definition) is 5. The summed E-state index contributed by atoms with van der Waals surface area (Å²) in [4.78, 5) is 16.0. The number of anilines is 2. The smallest absolute Gasteiger partial charge is 0.406 e. The van der Waals surface area contributed by atoms with Gasteiger partial charge in [-0.05, 0) is 35.9 Å². The average molecular weight is 308 g/mol. The molecule has 6 nitrogen and oxygen atoms in total. The minimum atomic E-state index is -0.477. The highest BCUT2D eigenvalue weighted by Gasteiger charge is 2.09. The number of aromatic amines is 1. The number of para-hydroxylation sites is 1. The molecule has 116 valence electrons. The highest BCUT2D eigenvalue weighted by Crippen LogP contribution is 2.24. The molecule has 0 aliphatic carbocycles. The number of oxazole rings is 1. The van der Waals surface area contributed by atoms with E-state index in [-0.39, 0.29) is 0 Å². The molecule has 3 rings (SSSR count). The molecule has 0 aliphatic rings. The number of nitriles is 1. The van der Waals surface area contributed by atoms with Crippen LogP contribution in [0.1, 0.15) is 11.1 Å². The van der Waals surface area contributed by atoms with E-state index in [0.717, 1.165) is 16.9 Å². The zero-order chi connectivity index (χ0) is 16.4. The Kier molecular flexibility index (Phi) is 3.77. The third kappa shape index (κ3) is 2.90. The van der Waals surface area contributed by atoms with Crippen molar-refractivity contribution in [3.63, 3.8) is 0 Å². The van der Waals surface area contributed by atoms with Crippen LogP contribution in [0.25, 0.3) is 11.1 Å². The number of rotatable bonds is 4. The molecule has 0 fully saturated rings. The van der Waals surface area contributed by atoms with E-state index in [1.165, 1.54) is 0 Å². The second-order valence-electron chi connectivity index (χ2n) is 5.40. The Balaban J connectivity index is 1.93. The quantitative estimate of drug-likeness (QED) is 0.774. The Hall–Kier alpha value is -3.20. The van der Waals surface area contributed by atoms with Crippen LogP contribution in [0.2, 0.25) is 0 Å². The van der Waals surface area contributed by atoms with Crippen LogP contribution in [0.15, 0.2) is 45.6 Å². The summed E-state index contributed by atoms with van der Waals surface area (Å²) in [5.41, 5.74) is 4.51. The predicted octanol–water partition coefficient (Wildman–Crippen LogP) is 2.67. The molecule has 23 heavy (non-hydrogen) atoms. The lowest BCUT2D eigenvalue weighted by Gasteiger charge is -2.18. The Morgan fingerprint density at radius 3 is 2.87 bits per heavy atom. The van der Waals surface area contributed by atoms with Crippen LogP contribution in [0.3, 0.4) is 0 Å². The van der Waals surface area contributed by atoms with Crippen molar-refractivity contribution in [3.05, 3.63) is 58.1 Å². The summed E-state index contributed by atoms with van der Waals surface area (Å²) in [7, 11) is 3.91. The molecule has 0 saturated carbocycles. The zero-order valence-electron chi connectivity index (χ0n) is 12.9. The number of nitrogens with one attached hydrogen (secondary N) is 2. The summed E-state index contributed by atoms with van der Waals surface area (Å²) in [5.74, 6) is -0.477. The van der Waals surface area contributed by atoms with Crippen molar-refractivity contribution in [1.29, 1.82) is 5.26 Å². The molecule has 1 heterocycles. The Morgan fingerprint density at radius 2 is 2.13 bits per heavy atom. The summed E-state index contributed by atoms with van der Waals surface area (Å²) in [6.45, 7) is 0.511. The van der Waals surface area contributed by atoms with Crippen LogP contribution in [0.5, 0.6) is 0 Å². The highest BCUT2D eigenvalue weighted by atomic mass is 16.4. The Bertz CT molecular complexity index is 947. The van der Waals surface area contributed by atoms with Crippen molar-refractivity contribution in [2.24, 2.45) is 0 Å². The normalized spacial score (nSPS) is 10.5. The lowest BCUT2D eigenvalue weighted by atomic mass is 10.1. The van der Waals surface area contributed by atoms with E-state index in [1.54, 1.807) is 12.1 Å². The van der Waals surface area contributed by atoms with Gasteiger partial charge in [-0.1, -0.05) is 6.07 Å². The molecular weight excluding hydrogens is 292 g/mol. The minimum absolute atomic E-state index is 0.477. The first-order valence-corrected chi connectivity index (χ1v) is 7.14. The number of hydrogen-bond donors (Lipinski definition) is 2. The van der Waals surface area contributed by atoms with Gasteiger partial charge in [0.2, 0.25) is 0 Å². The number of fused-ring (bicyclic) bond motifs is 1. The van der Waals surface area contributed by atoms with Crippen LogP contribution in [-0.2, 0) is 6.54 Å². The van der Waals surface area contributed by atoms with Crippen LogP contribution >= 0.6 is 0 Å². The first-order chi connectivity index (χ1) is 11.1. The monoisotopic (exact) mass is 308 g/mol. The standard InChI is InChI=1S/C17H16N4O2/c1-21(2)15-7-6-11(9-18)8-12(15)10-19-13-4-3-5-14-16(13)23-17(22)20-14/h3-8,19H,10H2,1-2H3,(H,20,22). The molecule has 0 bridgehead atoms. The molecular formula is C17H16N4O2. The maximum Gasteiger partial charge on any atom is 0.417 e. The van der Waals surface area contributed by atoms with Gasteiger partial charge < -0.3 is 14.6 Å². The van der Waals surface area contributed by atoms with Gasteiger partial charge in [0.25, 0.3) is 0 Å². The topological polar surface area (TPSA) is 85.1 Å². The van der Waals surface area contributed by atoms with Gasteiger partial charge in [-0.2, -0.15) is 5.26 Å². The third-order valence-corrected chi connectivity index (χ3v) is 3.61. The van der Waals surface area contributed by atoms with Gasteiger partial charge in [0, 0.05) is 26.3 Å². The fraction of sp³-hybridized carbons (Fsp3) is 0.176. The molecule has 3 aromatic rings. The lowest BCUT2D eigenvalue weighted by molar-refractivity contribution is 0.556. The number of H-pyrrole nitrogens is 1. The number of aromatic nitrogens is 1. The second kappa shape index (κ2) is 5.89. The van der Waals surface area contributed by atoms with Gasteiger partial charge in [-0.25, -0.2) is 4.79 Å². The number of nitrogens with zero attached hydrogens (tertiary/aromatic N) is 2. The van der Waals surface area contributed by atoms with Gasteiger partial charge in [-0.15, -0.1) is 0 Å². The molecule has 0 aliphatic heterocycles. The SMILES string of the molecule is CN(C)c1ccc(C#N)cc1CNc1cccc2[nH]c(=O)oc12. The average Bonchev–Trinajstić information content (AvgIpc) is 2.93. The van der Waals surface area contributed by atoms with Gasteiger partial charge in [0.1, 0.15) is 0 Å². The molecule has 0 spiro atoms. The van der Waals surface area contributed by atoms with Crippen molar-refractivity contribution in [1.82, 2.24) is 4.98 Å². The predicted molar refractivity (Wildman–Crippen MR) is 89.6 cm³/mol. The van der Waals surface area contributed by atoms with E-state index in [2.05, 4.69) is 16.4 Å². The molecule has 0 atom stereocenters. The van der Waals surface area contributed by atoms with E-state index in [4.69, 9.17) is 9.68 Å². The van der Waals surface area contributed by atoms with E-state index in [1.807, 2.05) is 43.3 Å². The van der Waals surface area contributed by atoms with Crippen molar-refractivity contribution in [3.8, 4) is 6.07 Å². The first-order valence-electron chi connectivity index (χ1n) is 7.14. The Morgan fingerprint density at radius 1 is 1.30 bits per heavy atom. The van der Waals surface area contributed by atoms with Crippen molar-refractivity contribution in [2.45, 2.75) is 6.54 Å². The first kappa shape index (κ1) is 14.7. The zero-order valence-corrected chi connectivity index (χ0v) is 12.9. The molecule has 1 aromatic heterocycles. The number of benzene rings is 2. The molecule has 0 radical (unpaired) electrons. The second-order valence-corrected chi connectivity index (χ2v) is 5.40. The van der Waals surface area contributed by atoms with Crippen LogP contribution < -0.4 is 16.0 Å². The lowest BCUT2D eigenvalue weighted by Crippen LogP contribution is -2.13. The van der Waals surface area contributed by atoms with Crippen LogP contribution in [0.4, 0.5) is 11.4 Å². The fourth-order valence-electron chi connectivity index (χ4n) is 2.54. The molecule has 0 unspecified atom stereocenters. The van der Waals surface area contributed by atoms with Gasteiger partial charge >= 0.3 is 5.76 Å². The summed E-state index contributed by atoms with van der Waals surface area (Å²) in [5, 5.41) is 12.4. The summed E-state index contributed by atoms with van der Waals surface area (Å²) < 4.78 is 5.17. The van der Waals surface area contributed by atoms with Gasteiger partial charge in [-0.3, -0.25) is 4.98 Å². The van der Waals surface area contributed by atoms with E-state index < -0.39 is 5.76 Å². The molecule has 0 saturated heterocycles. The maximum absolute atomic E-state index is 11.3. The minimum Gasteiger partial charge on any atom is -0.406 e. The van der Waals surface area contributed by atoms with Crippen molar-refractivity contribution in [2.75, 3.05) is 24.3 Å². The molecule has 6 heteroatoms. The third-order valence-electron chi connectivity index (χ3n) is 3.61. The fourth-order valence-corrected chi connectivity index (χ4v) is 2.54. The van der Waals surface area contributed by atoms with Crippen molar-refractivity contribution < 1.29 is 4.42 Å². The van der Waals surface area contributed by atoms with Gasteiger partial charge in [0.05, 0.1) is 22.8 Å². The van der Waals surface area contributed by atoms with E-state index in [0.29, 0.717) is 23.2 Å². The highest BCUT2D eigenvalue weighted by molar-refractivity contribution is 5.85. The van der Waals surface area contributed by atoms with Crippen LogP contribution in [0, 0.1) is 11.3 Å². The largest absolute Gasteiger partial charge is 0.417 e. The molecule has 2 N–H and O–H groups in total. The summed E-state index contributed by atoms with van der Waals surface area (Å²) in [6, 6.07) is 13.2. The maximum atomic E-state index is 11.3. The van der Waals surface area contributed by atoms with E-state index in [9.17, 15) is 4.79 Å². The summed E-state index contributed by atoms with van der Waals surface area (Å²) in [6.07, 6.45) is 0. The van der Waals surface area contributed by atoms with Gasteiger partial charge in [0.15, 0.2) is 5.58 Å². The Labute approximate surface area is 133 Å². The molecule has 0 amide bonds. The van der Waals surface area contributed by atoms with Crippen LogP contribution in [-0.4, -0.2) is 19.1 Å². The van der Waals surface area contributed by atoms with E-state index >= 15 is 0 Å². The summed E-state index contributed by atoms with van der Waals surface area (Å²) >= 11 is 0.